The summed E-state index contributed by atoms with van der Waals surface area (Å²) in [6, 6.07) is 7.41. The number of carbonyl (C=O) groups is 1. The second-order valence-electron chi connectivity index (χ2n) is 11.7. The zero-order valence-corrected chi connectivity index (χ0v) is 19.8. The molecule has 4 nitrogen and oxygen atoms in total. The number of hydrogen-bond acceptors (Lipinski definition) is 4. The van der Waals surface area contributed by atoms with Gasteiger partial charge in [-0.25, -0.2) is 14.6 Å². The zero-order chi connectivity index (χ0) is 23.3. The molecular formula is C27H39F2N3O. The third-order valence-electron chi connectivity index (χ3n) is 10.3. The van der Waals surface area contributed by atoms with Crippen LogP contribution in [0.5, 0.6) is 0 Å². The van der Waals surface area contributed by atoms with E-state index >= 15 is 0 Å². The number of nitrogens with two attached hydrogens (primary N) is 2. The molecule has 0 aliphatic heterocycles. The van der Waals surface area contributed by atoms with E-state index in [1.807, 2.05) is 18.2 Å². The van der Waals surface area contributed by atoms with Gasteiger partial charge in [0.15, 0.2) is 5.78 Å². The standard InChI is InChI=1S/C27H39F2N3O/c1-27-13-12-19-18-8-7-17(26(28)29)14-16(18)6-9-20(19)21(27)10-11-22(27)25(33)15-32(31)24-5-3-2-4-23(24)30/h2-5,16-22,26H,6-15,30-31H2,1H3. The van der Waals surface area contributed by atoms with Crippen LogP contribution < -0.4 is 16.6 Å². The summed E-state index contributed by atoms with van der Waals surface area (Å²) in [6.45, 7) is 2.54. The molecule has 5 rings (SSSR count). The summed E-state index contributed by atoms with van der Waals surface area (Å²) in [4.78, 5) is 13.5. The third-order valence-corrected chi connectivity index (χ3v) is 10.3. The monoisotopic (exact) mass is 459 g/mol. The van der Waals surface area contributed by atoms with E-state index in [0.717, 1.165) is 51.4 Å². The van der Waals surface area contributed by atoms with Crippen molar-refractivity contribution in [2.75, 3.05) is 17.3 Å². The minimum absolute atomic E-state index is 0.0360. The maximum Gasteiger partial charge on any atom is 0.241 e. The van der Waals surface area contributed by atoms with Gasteiger partial charge in [0, 0.05) is 11.8 Å². The number of hydrogen-bond donors (Lipinski definition) is 2. The van der Waals surface area contributed by atoms with E-state index < -0.39 is 6.43 Å². The number of nitrogens with zero attached hydrogens (tertiary/aromatic N) is 1. The topological polar surface area (TPSA) is 72.3 Å². The fourth-order valence-electron chi connectivity index (χ4n) is 8.76. The van der Waals surface area contributed by atoms with E-state index in [-0.39, 0.29) is 29.6 Å². The second-order valence-corrected chi connectivity index (χ2v) is 11.7. The number of ketones is 1. The van der Waals surface area contributed by atoms with Gasteiger partial charge in [0.2, 0.25) is 6.43 Å². The van der Waals surface area contributed by atoms with Gasteiger partial charge >= 0.3 is 0 Å². The summed E-state index contributed by atoms with van der Waals surface area (Å²) in [5.41, 5.74) is 7.38. The van der Waals surface area contributed by atoms with Crippen molar-refractivity contribution >= 4 is 17.2 Å². The van der Waals surface area contributed by atoms with Gasteiger partial charge in [-0.1, -0.05) is 19.1 Å². The summed E-state index contributed by atoms with van der Waals surface area (Å²) >= 11 is 0. The Balaban J connectivity index is 1.27. The summed E-state index contributed by atoms with van der Waals surface area (Å²) in [7, 11) is 0. The maximum atomic E-state index is 13.5. The number of fused-ring (bicyclic) bond motifs is 5. The van der Waals surface area contributed by atoms with Gasteiger partial charge in [-0.05, 0) is 105 Å². The Hall–Kier alpha value is -1.69. The van der Waals surface area contributed by atoms with Crippen LogP contribution in [-0.4, -0.2) is 18.8 Å². The molecule has 6 heteroatoms. The summed E-state index contributed by atoms with van der Waals surface area (Å²) in [5, 5.41) is 1.51. The van der Waals surface area contributed by atoms with E-state index in [1.54, 1.807) is 6.07 Å². The molecule has 182 valence electrons. The molecule has 33 heavy (non-hydrogen) atoms. The van der Waals surface area contributed by atoms with Crippen LogP contribution in [0.3, 0.4) is 0 Å². The van der Waals surface area contributed by atoms with E-state index in [2.05, 4.69) is 6.92 Å². The lowest BCUT2D eigenvalue weighted by Gasteiger charge is -2.56. The number of anilines is 2. The Kier molecular flexibility index (Phi) is 6.17. The van der Waals surface area contributed by atoms with Crippen LogP contribution in [0.15, 0.2) is 24.3 Å². The summed E-state index contributed by atoms with van der Waals surface area (Å²) in [6.07, 6.45) is 6.79. The van der Waals surface area contributed by atoms with Crippen molar-refractivity contribution in [2.24, 2.45) is 52.7 Å². The number of carbonyl (C=O) groups excluding carboxylic acids is 1. The van der Waals surface area contributed by atoms with Crippen LogP contribution >= 0.6 is 0 Å². The van der Waals surface area contributed by atoms with Gasteiger partial charge in [0.1, 0.15) is 0 Å². The Morgan fingerprint density at radius 3 is 2.58 bits per heavy atom. The number of Topliss-reactive ketones (excluding diaryl/α,β-unsaturated/α-hetero) is 1. The van der Waals surface area contributed by atoms with Crippen molar-refractivity contribution < 1.29 is 13.6 Å². The molecule has 0 amide bonds. The fraction of sp³-hybridized carbons (Fsp3) is 0.741. The van der Waals surface area contributed by atoms with E-state index in [1.165, 1.54) is 5.01 Å². The van der Waals surface area contributed by atoms with E-state index in [9.17, 15) is 13.6 Å². The third kappa shape index (κ3) is 3.96. The molecule has 8 atom stereocenters. The molecular weight excluding hydrogens is 420 g/mol. The van der Waals surface area contributed by atoms with E-state index in [4.69, 9.17) is 11.6 Å². The predicted molar refractivity (Wildman–Crippen MR) is 127 cm³/mol. The fourth-order valence-corrected chi connectivity index (χ4v) is 8.76. The number of para-hydroxylation sites is 2. The molecule has 4 N–H and O–H groups in total. The summed E-state index contributed by atoms with van der Waals surface area (Å²) in [5.74, 6) is 9.18. The lowest BCUT2D eigenvalue weighted by Crippen LogP contribution is -2.50. The molecule has 0 heterocycles. The Morgan fingerprint density at radius 1 is 1.06 bits per heavy atom. The van der Waals surface area contributed by atoms with Gasteiger partial charge in [-0.3, -0.25) is 4.79 Å². The Labute approximate surface area is 196 Å². The molecule has 4 aliphatic carbocycles. The average Bonchev–Trinajstić information content (AvgIpc) is 3.16. The number of alkyl halides is 2. The van der Waals surface area contributed by atoms with Gasteiger partial charge in [-0.15, -0.1) is 0 Å². The number of benzene rings is 1. The van der Waals surface area contributed by atoms with E-state index in [0.29, 0.717) is 47.4 Å². The number of nitrogen functional groups attached to an aromatic ring is 1. The molecule has 1 aromatic carbocycles. The lowest BCUT2D eigenvalue weighted by molar-refractivity contribution is -0.129. The molecule has 4 aliphatic rings. The van der Waals surface area contributed by atoms with Crippen molar-refractivity contribution in [1.29, 1.82) is 0 Å². The highest BCUT2D eigenvalue weighted by Gasteiger charge is 2.58. The minimum Gasteiger partial charge on any atom is -0.397 e. The smallest absolute Gasteiger partial charge is 0.241 e. The van der Waals surface area contributed by atoms with Crippen molar-refractivity contribution in [3.05, 3.63) is 24.3 Å². The first-order valence-electron chi connectivity index (χ1n) is 13.0. The van der Waals surface area contributed by atoms with Crippen molar-refractivity contribution in [3.8, 4) is 0 Å². The quantitative estimate of drug-likeness (QED) is 0.338. The van der Waals surface area contributed by atoms with Gasteiger partial charge in [0.05, 0.1) is 17.9 Å². The number of rotatable bonds is 5. The first-order chi connectivity index (χ1) is 15.8. The van der Waals surface area contributed by atoms with Gasteiger partial charge in [0.25, 0.3) is 0 Å². The van der Waals surface area contributed by atoms with Gasteiger partial charge < -0.3 is 10.7 Å². The highest BCUT2D eigenvalue weighted by Crippen LogP contribution is 2.64. The normalized spacial score (nSPS) is 40.1. The van der Waals surface area contributed by atoms with Crippen molar-refractivity contribution in [3.63, 3.8) is 0 Å². The van der Waals surface area contributed by atoms with Crippen LogP contribution in [0.25, 0.3) is 0 Å². The number of halogens is 2. The highest BCUT2D eigenvalue weighted by molar-refractivity contribution is 5.87. The molecule has 4 saturated carbocycles. The molecule has 0 spiro atoms. The Morgan fingerprint density at radius 2 is 1.82 bits per heavy atom. The number of hydrazine groups is 1. The van der Waals surface area contributed by atoms with Crippen LogP contribution in [0.4, 0.5) is 20.2 Å². The SMILES string of the molecule is CC12CCC3C4CCC(C(F)F)CC4CCC3C1CCC2C(=O)CN(N)c1ccccc1N. The first kappa shape index (κ1) is 23.1. The predicted octanol–water partition coefficient (Wildman–Crippen LogP) is 5.67. The highest BCUT2D eigenvalue weighted by atomic mass is 19.3. The van der Waals surface area contributed by atoms with Crippen LogP contribution in [0.2, 0.25) is 0 Å². The molecule has 4 fully saturated rings. The molecule has 0 bridgehead atoms. The maximum absolute atomic E-state index is 13.5. The molecule has 0 saturated heterocycles. The molecule has 8 unspecified atom stereocenters. The molecule has 0 radical (unpaired) electrons. The largest absolute Gasteiger partial charge is 0.397 e. The first-order valence-corrected chi connectivity index (χ1v) is 13.0. The zero-order valence-electron chi connectivity index (χ0n) is 19.8. The van der Waals surface area contributed by atoms with Gasteiger partial charge in [-0.2, -0.15) is 0 Å². The van der Waals surface area contributed by atoms with Crippen LogP contribution in [0, 0.1) is 46.8 Å². The Bertz CT molecular complexity index is 879. The second kappa shape index (κ2) is 8.83. The molecule has 0 aromatic heterocycles. The lowest BCUT2D eigenvalue weighted by atomic mass is 9.49. The summed E-state index contributed by atoms with van der Waals surface area (Å²) < 4.78 is 26.7. The van der Waals surface area contributed by atoms with Crippen molar-refractivity contribution in [1.82, 2.24) is 0 Å². The van der Waals surface area contributed by atoms with Crippen molar-refractivity contribution in [2.45, 2.75) is 71.1 Å². The minimum atomic E-state index is -2.16. The average molecular weight is 460 g/mol. The van der Waals surface area contributed by atoms with Crippen LogP contribution in [-0.2, 0) is 4.79 Å². The van der Waals surface area contributed by atoms with Crippen LogP contribution in [0.1, 0.15) is 64.7 Å². The molecule has 1 aromatic rings.